The Hall–Kier alpha value is -2.54. The predicted molar refractivity (Wildman–Crippen MR) is 105 cm³/mol. The topological polar surface area (TPSA) is 67.6 Å². The summed E-state index contributed by atoms with van der Waals surface area (Å²) in [5.41, 5.74) is 9.39. The van der Waals surface area contributed by atoms with E-state index in [0.717, 1.165) is 36.3 Å². The molecular formula is C19H22ClF2N3O2. The van der Waals surface area contributed by atoms with Crippen LogP contribution in [0.1, 0.15) is 18.9 Å². The summed E-state index contributed by atoms with van der Waals surface area (Å²) in [4.78, 5) is 14.7. The number of nitrogens with one attached hydrogen (secondary N) is 1. The summed E-state index contributed by atoms with van der Waals surface area (Å²) in [7, 11) is 0. The molecule has 1 unspecified atom stereocenters. The average Bonchev–Trinajstić information content (AvgIpc) is 2.62. The van der Waals surface area contributed by atoms with E-state index in [4.69, 9.17) is 5.73 Å². The summed E-state index contributed by atoms with van der Waals surface area (Å²) in [6.45, 7) is -0.268. The molecule has 0 radical (unpaired) electrons. The first kappa shape index (κ1) is 20.8. The maximum Gasteiger partial charge on any atom is 0.387 e. The quantitative estimate of drug-likeness (QED) is 0.746. The molecule has 27 heavy (non-hydrogen) atoms. The first-order chi connectivity index (χ1) is 12.5. The highest BCUT2D eigenvalue weighted by Gasteiger charge is 2.27. The second kappa shape index (κ2) is 8.90. The van der Waals surface area contributed by atoms with Gasteiger partial charge in [0.15, 0.2) is 0 Å². The van der Waals surface area contributed by atoms with Gasteiger partial charge in [0.25, 0.3) is 0 Å². The summed E-state index contributed by atoms with van der Waals surface area (Å²) in [6.07, 6.45) is 1.83. The number of fused-ring (bicyclic) bond motifs is 1. The van der Waals surface area contributed by atoms with Crippen molar-refractivity contribution in [1.82, 2.24) is 0 Å². The molecule has 5 nitrogen and oxygen atoms in total. The lowest BCUT2D eigenvalue weighted by molar-refractivity contribution is -0.117. The van der Waals surface area contributed by atoms with Crippen molar-refractivity contribution in [1.29, 1.82) is 0 Å². The predicted octanol–water partition coefficient (Wildman–Crippen LogP) is 4.07. The monoisotopic (exact) mass is 397 g/mol. The van der Waals surface area contributed by atoms with Crippen LogP contribution in [0.4, 0.5) is 25.8 Å². The van der Waals surface area contributed by atoms with Crippen LogP contribution in [0.2, 0.25) is 0 Å². The minimum absolute atomic E-state index is 0. The molecule has 146 valence electrons. The van der Waals surface area contributed by atoms with Gasteiger partial charge in [0.1, 0.15) is 11.8 Å². The third-order valence-electron chi connectivity index (χ3n) is 4.52. The number of halogens is 3. The number of hydrogen-bond donors (Lipinski definition) is 2. The SMILES string of the molecule is CC(C(=O)Nc1ccc(OC(F)F)cc1)N1CCCc2c(N)cccc21.Cl. The van der Waals surface area contributed by atoms with Gasteiger partial charge >= 0.3 is 6.61 Å². The van der Waals surface area contributed by atoms with Crippen molar-refractivity contribution in [2.75, 3.05) is 22.5 Å². The number of nitrogen functional groups attached to an aromatic ring is 1. The highest BCUT2D eigenvalue weighted by atomic mass is 35.5. The molecule has 1 heterocycles. The molecule has 1 atom stereocenters. The van der Waals surface area contributed by atoms with Crippen LogP contribution in [0, 0.1) is 0 Å². The van der Waals surface area contributed by atoms with Gasteiger partial charge in [-0.15, -0.1) is 12.4 Å². The van der Waals surface area contributed by atoms with E-state index in [2.05, 4.69) is 10.1 Å². The molecule has 0 aromatic heterocycles. The Balaban J connectivity index is 0.00000261. The Morgan fingerprint density at radius 1 is 1.22 bits per heavy atom. The lowest BCUT2D eigenvalue weighted by Gasteiger charge is -2.36. The summed E-state index contributed by atoms with van der Waals surface area (Å²) < 4.78 is 28.7. The maximum absolute atomic E-state index is 12.6. The number of nitrogens with zero attached hydrogens (tertiary/aromatic N) is 1. The number of carbonyl (C=O) groups is 1. The minimum atomic E-state index is -2.87. The molecule has 2 aromatic carbocycles. The normalized spacial score (nSPS) is 14.1. The fourth-order valence-electron chi connectivity index (χ4n) is 3.19. The highest BCUT2D eigenvalue weighted by molar-refractivity contribution is 5.97. The Labute approximate surface area is 162 Å². The van der Waals surface area contributed by atoms with E-state index in [9.17, 15) is 13.6 Å². The number of rotatable bonds is 5. The lowest BCUT2D eigenvalue weighted by atomic mass is 9.98. The number of amides is 1. The van der Waals surface area contributed by atoms with E-state index in [1.807, 2.05) is 30.0 Å². The van der Waals surface area contributed by atoms with Crippen molar-refractivity contribution in [3.63, 3.8) is 0 Å². The van der Waals surface area contributed by atoms with E-state index >= 15 is 0 Å². The summed E-state index contributed by atoms with van der Waals surface area (Å²) >= 11 is 0. The third kappa shape index (κ3) is 4.80. The van der Waals surface area contributed by atoms with Crippen LogP contribution in [0.15, 0.2) is 42.5 Å². The molecule has 0 bridgehead atoms. The number of anilines is 3. The van der Waals surface area contributed by atoms with Crippen LogP contribution in [-0.4, -0.2) is 25.1 Å². The van der Waals surface area contributed by atoms with Crippen molar-refractivity contribution in [3.05, 3.63) is 48.0 Å². The van der Waals surface area contributed by atoms with Gasteiger partial charge in [-0.1, -0.05) is 6.07 Å². The molecular weight excluding hydrogens is 376 g/mol. The van der Waals surface area contributed by atoms with Crippen molar-refractivity contribution in [3.8, 4) is 5.75 Å². The zero-order valence-corrected chi connectivity index (χ0v) is 15.6. The van der Waals surface area contributed by atoms with Crippen molar-refractivity contribution in [2.45, 2.75) is 32.4 Å². The number of ether oxygens (including phenoxy) is 1. The molecule has 8 heteroatoms. The number of benzene rings is 2. The Kier molecular flexibility index (Phi) is 6.85. The van der Waals surface area contributed by atoms with E-state index in [-0.39, 0.29) is 24.1 Å². The average molecular weight is 398 g/mol. The molecule has 2 aromatic rings. The zero-order chi connectivity index (χ0) is 18.7. The fourth-order valence-corrected chi connectivity index (χ4v) is 3.19. The fraction of sp³-hybridized carbons (Fsp3) is 0.316. The van der Waals surface area contributed by atoms with E-state index in [1.54, 1.807) is 0 Å². The van der Waals surface area contributed by atoms with E-state index < -0.39 is 12.7 Å². The first-order valence-electron chi connectivity index (χ1n) is 8.45. The maximum atomic E-state index is 12.6. The second-order valence-corrected chi connectivity index (χ2v) is 6.21. The van der Waals surface area contributed by atoms with Crippen LogP contribution in [0.5, 0.6) is 5.75 Å². The van der Waals surface area contributed by atoms with Gasteiger partial charge < -0.3 is 20.7 Å². The number of alkyl halides is 2. The number of nitrogens with two attached hydrogens (primary N) is 1. The van der Waals surface area contributed by atoms with Crippen molar-refractivity contribution < 1.29 is 18.3 Å². The van der Waals surface area contributed by atoms with Crippen LogP contribution >= 0.6 is 12.4 Å². The molecule has 0 fully saturated rings. The Morgan fingerprint density at radius 3 is 2.59 bits per heavy atom. The molecule has 0 aliphatic carbocycles. The molecule has 1 aliphatic heterocycles. The standard InChI is InChI=1S/C19H21F2N3O2.ClH/c1-12(24-11-3-4-15-16(22)5-2-6-17(15)24)18(25)23-13-7-9-14(10-8-13)26-19(20)21;/h2,5-10,12,19H,3-4,11,22H2,1H3,(H,23,25);1H. The third-order valence-corrected chi connectivity index (χ3v) is 4.52. The molecule has 1 aliphatic rings. The first-order valence-corrected chi connectivity index (χ1v) is 8.45. The molecule has 0 saturated carbocycles. The molecule has 3 rings (SSSR count). The second-order valence-electron chi connectivity index (χ2n) is 6.21. The van der Waals surface area contributed by atoms with Gasteiger partial charge in [0.05, 0.1) is 0 Å². The van der Waals surface area contributed by atoms with Gasteiger partial charge in [-0.25, -0.2) is 0 Å². The number of carbonyl (C=O) groups excluding carboxylic acids is 1. The van der Waals surface area contributed by atoms with Crippen molar-refractivity contribution >= 4 is 35.4 Å². The number of hydrogen-bond acceptors (Lipinski definition) is 4. The Morgan fingerprint density at radius 2 is 1.93 bits per heavy atom. The van der Waals surface area contributed by atoms with Crippen LogP contribution < -0.4 is 20.7 Å². The van der Waals surface area contributed by atoms with Crippen LogP contribution in [0.25, 0.3) is 0 Å². The van der Waals surface area contributed by atoms with Gasteiger partial charge in [0, 0.05) is 23.6 Å². The van der Waals surface area contributed by atoms with Gasteiger partial charge in [-0.3, -0.25) is 4.79 Å². The van der Waals surface area contributed by atoms with Crippen LogP contribution in [0.3, 0.4) is 0 Å². The minimum Gasteiger partial charge on any atom is -0.435 e. The van der Waals surface area contributed by atoms with Gasteiger partial charge in [-0.2, -0.15) is 8.78 Å². The lowest BCUT2D eigenvalue weighted by Crippen LogP contribution is -2.44. The van der Waals surface area contributed by atoms with Crippen LogP contribution in [-0.2, 0) is 11.2 Å². The summed E-state index contributed by atoms with van der Waals surface area (Å²) in [5, 5.41) is 2.81. The smallest absolute Gasteiger partial charge is 0.387 e. The largest absolute Gasteiger partial charge is 0.435 e. The van der Waals surface area contributed by atoms with Gasteiger partial charge in [-0.05, 0) is 61.7 Å². The summed E-state index contributed by atoms with van der Waals surface area (Å²) in [6, 6.07) is 11.2. The molecule has 3 N–H and O–H groups in total. The summed E-state index contributed by atoms with van der Waals surface area (Å²) in [5.74, 6) is -0.130. The Bertz CT molecular complexity index is 787. The molecule has 0 saturated heterocycles. The highest BCUT2D eigenvalue weighted by Crippen LogP contribution is 2.32. The van der Waals surface area contributed by atoms with E-state index in [0.29, 0.717) is 5.69 Å². The molecule has 0 spiro atoms. The van der Waals surface area contributed by atoms with Gasteiger partial charge in [0.2, 0.25) is 5.91 Å². The molecule has 1 amide bonds. The van der Waals surface area contributed by atoms with Crippen molar-refractivity contribution in [2.24, 2.45) is 0 Å². The zero-order valence-electron chi connectivity index (χ0n) is 14.8. The van der Waals surface area contributed by atoms with E-state index in [1.165, 1.54) is 24.3 Å².